The van der Waals surface area contributed by atoms with Gasteiger partial charge < -0.3 is 20.5 Å². The van der Waals surface area contributed by atoms with Crippen LogP contribution in [0, 0.1) is 0 Å². The van der Waals surface area contributed by atoms with Crippen LogP contribution in [0.1, 0.15) is 25.3 Å². The summed E-state index contributed by atoms with van der Waals surface area (Å²) in [7, 11) is 0. The topological polar surface area (TPSA) is 73.6 Å². The summed E-state index contributed by atoms with van der Waals surface area (Å²) in [4.78, 5) is 10.8. The van der Waals surface area contributed by atoms with Crippen LogP contribution in [-0.4, -0.2) is 25.2 Å². The van der Waals surface area contributed by atoms with E-state index in [1.165, 1.54) is 12.8 Å². The molecule has 1 aliphatic rings. The summed E-state index contributed by atoms with van der Waals surface area (Å²) in [5.41, 5.74) is 6.10. The molecule has 0 bridgehead atoms. The lowest BCUT2D eigenvalue weighted by Crippen LogP contribution is -2.20. The Morgan fingerprint density at radius 3 is 2.80 bits per heavy atom. The smallest absolute Gasteiger partial charge is 0.255 e. The summed E-state index contributed by atoms with van der Waals surface area (Å²) in [6, 6.07) is 4.31. The van der Waals surface area contributed by atoms with Crippen molar-refractivity contribution in [1.29, 1.82) is 0 Å². The Kier molecular flexibility index (Phi) is 5.09. The fourth-order valence-corrected chi connectivity index (χ4v) is 2.11. The van der Waals surface area contributed by atoms with Gasteiger partial charge in [0.25, 0.3) is 5.91 Å². The van der Waals surface area contributed by atoms with Crippen molar-refractivity contribution in [3.63, 3.8) is 0 Å². The van der Waals surface area contributed by atoms with Gasteiger partial charge in [0.05, 0.1) is 11.6 Å². The highest BCUT2D eigenvalue weighted by Gasteiger charge is 2.21. The highest BCUT2D eigenvalue weighted by atomic mass is 35.5. The fraction of sp³-hybridized carbons (Fsp3) is 0.500. The molecule has 20 heavy (non-hydrogen) atoms. The van der Waals surface area contributed by atoms with E-state index in [4.69, 9.17) is 26.8 Å². The van der Waals surface area contributed by atoms with E-state index in [1.54, 1.807) is 0 Å². The van der Waals surface area contributed by atoms with Gasteiger partial charge in [-0.1, -0.05) is 11.6 Å². The Morgan fingerprint density at radius 1 is 1.45 bits per heavy atom. The molecule has 2 rings (SSSR count). The minimum Gasteiger partial charge on any atom is -0.490 e. The highest BCUT2D eigenvalue weighted by Crippen LogP contribution is 2.36. The van der Waals surface area contributed by atoms with E-state index in [1.807, 2.05) is 19.1 Å². The summed E-state index contributed by atoms with van der Waals surface area (Å²) < 4.78 is 10.8. The standard InChI is InChI=1S/C14H19ClN2O3/c1-2-19-12-6-9(7-17-10-3-4-10)5-11(15)14(12)20-8-13(16)18/h5-6,10,17H,2-4,7-8H2,1H3,(H2,16,18). The van der Waals surface area contributed by atoms with Gasteiger partial charge in [0.15, 0.2) is 18.1 Å². The quantitative estimate of drug-likeness (QED) is 0.768. The number of hydrogen-bond donors (Lipinski definition) is 2. The van der Waals surface area contributed by atoms with Gasteiger partial charge in [-0.25, -0.2) is 0 Å². The van der Waals surface area contributed by atoms with Gasteiger partial charge in [0, 0.05) is 12.6 Å². The van der Waals surface area contributed by atoms with Gasteiger partial charge in [0.2, 0.25) is 0 Å². The first kappa shape index (κ1) is 14.9. The summed E-state index contributed by atoms with van der Waals surface area (Å²) in [5, 5.41) is 3.83. The molecule has 0 atom stereocenters. The summed E-state index contributed by atoms with van der Waals surface area (Å²) in [5.74, 6) is 0.347. The van der Waals surface area contributed by atoms with Crippen LogP contribution in [0.15, 0.2) is 12.1 Å². The number of carbonyl (C=O) groups is 1. The average molecular weight is 299 g/mol. The van der Waals surface area contributed by atoms with Crippen LogP contribution in [0.25, 0.3) is 0 Å². The number of primary amides is 1. The third kappa shape index (κ3) is 4.28. The molecule has 1 saturated carbocycles. The lowest BCUT2D eigenvalue weighted by Gasteiger charge is -2.14. The van der Waals surface area contributed by atoms with E-state index < -0.39 is 5.91 Å². The Labute approximate surface area is 123 Å². The zero-order valence-corrected chi connectivity index (χ0v) is 12.2. The van der Waals surface area contributed by atoms with Crippen molar-refractivity contribution >= 4 is 17.5 Å². The number of hydrogen-bond acceptors (Lipinski definition) is 4. The predicted octanol–water partition coefficient (Wildman–Crippen LogP) is 1.85. The van der Waals surface area contributed by atoms with E-state index >= 15 is 0 Å². The van der Waals surface area contributed by atoms with Crippen LogP contribution in [0.4, 0.5) is 0 Å². The molecule has 1 fully saturated rings. The molecule has 0 radical (unpaired) electrons. The van der Waals surface area contributed by atoms with Crippen molar-refractivity contribution in [2.75, 3.05) is 13.2 Å². The molecule has 0 heterocycles. The van der Waals surface area contributed by atoms with Gasteiger partial charge in [-0.3, -0.25) is 4.79 Å². The molecule has 1 aromatic rings. The molecule has 110 valence electrons. The Morgan fingerprint density at radius 2 is 2.20 bits per heavy atom. The number of halogens is 1. The lowest BCUT2D eigenvalue weighted by molar-refractivity contribution is -0.119. The molecule has 5 nitrogen and oxygen atoms in total. The van der Waals surface area contributed by atoms with E-state index in [9.17, 15) is 4.79 Å². The predicted molar refractivity (Wildman–Crippen MR) is 77.2 cm³/mol. The Bertz CT molecular complexity index is 490. The molecule has 1 aromatic carbocycles. The number of nitrogens with two attached hydrogens (primary N) is 1. The lowest BCUT2D eigenvalue weighted by atomic mass is 10.2. The highest BCUT2D eigenvalue weighted by molar-refractivity contribution is 6.32. The van der Waals surface area contributed by atoms with E-state index in [-0.39, 0.29) is 6.61 Å². The first-order valence-electron chi connectivity index (χ1n) is 6.70. The van der Waals surface area contributed by atoms with Crippen LogP contribution in [0.2, 0.25) is 5.02 Å². The average Bonchev–Trinajstić information content (AvgIpc) is 3.19. The molecule has 0 spiro atoms. The maximum Gasteiger partial charge on any atom is 0.255 e. The monoisotopic (exact) mass is 298 g/mol. The number of amides is 1. The van der Waals surface area contributed by atoms with Crippen LogP contribution < -0.4 is 20.5 Å². The van der Waals surface area contributed by atoms with Gasteiger partial charge in [-0.2, -0.15) is 0 Å². The van der Waals surface area contributed by atoms with Crippen LogP contribution in [0.3, 0.4) is 0 Å². The van der Waals surface area contributed by atoms with Crippen LogP contribution >= 0.6 is 11.6 Å². The summed E-state index contributed by atoms with van der Waals surface area (Å²) in [6.45, 7) is 2.88. The zero-order chi connectivity index (χ0) is 14.5. The third-order valence-corrected chi connectivity index (χ3v) is 3.18. The van der Waals surface area contributed by atoms with Gasteiger partial charge >= 0.3 is 0 Å². The molecule has 0 aromatic heterocycles. The van der Waals surface area contributed by atoms with E-state index in [2.05, 4.69) is 5.32 Å². The molecular formula is C14H19ClN2O3. The SMILES string of the molecule is CCOc1cc(CNC2CC2)cc(Cl)c1OCC(N)=O. The van der Waals surface area contributed by atoms with Gasteiger partial charge in [-0.15, -0.1) is 0 Å². The third-order valence-electron chi connectivity index (χ3n) is 2.90. The summed E-state index contributed by atoms with van der Waals surface area (Å²) in [6.07, 6.45) is 2.46. The van der Waals surface area contributed by atoms with Crippen molar-refractivity contribution < 1.29 is 14.3 Å². The minimum atomic E-state index is -0.553. The number of rotatable bonds is 8. The first-order valence-corrected chi connectivity index (χ1v) is 7.07. The Balaban J connectivity index is 2.13. The second-order valence-corrected chi connectivity index (χ2v) is 5.16. The first-order chi connectivity index (χ1) is 9.60. The van der Waals surface area contributed by atoms with E-state index in [0.717, 1.165) is 12.1 Å². The number of benzene rings is 1. The van der Waals surface area contributed by atoms with Crippen molar-refractivity contribution in [2.45, 2.75) is 32.4 Å². The molecule has 1 aliphatic carbocycles. The number of carbonyl (C=O) groups excluding carboxylic acids is 1. The van der Waals surface area contributed by atoms with E-state index in [0.29, 0.717) is 29.2 Å². The van der Waals surface area contributed by atoms with Crippen molar-refractivity contribution in [3.8, 4) is 11.5 Å². The molecule has 1 amide bonds. The van der Waals surface area contributed by atoms with Crippen molar-refractivity contribution in [3.05, 3.63) is 22.7 Å². The number of ether oxygens (including phenoxy) is 2. The normalized spacial score (nSPS) is 14.1. The summed E-state index contributed by atoms with van der Waals surface area (Å²) >= 11 is 6.20. The van der Waals surface area contributed by atoms with Crippen LogP contribution in [-0.2, 0) is 11.3 Å². The fourth-order valence-electron chi connectivity index (χ4n) is 1.82. The maximum atomic E-state index is 10.8. The number of nitrogens with one attached hydrogen (secondary N) is 1. The molecule has 3 N–H and O–H groups in total. The minimum absolute atomic E-state index is 0.223. The van der Waals surface area contributed by atoms with Crippen LogP contribution in [0.5, 0.6) is 11.5 Å². The molecule has 6 heteroatoms. The van der Waals surface area contributed by atoms with Crippen molar-refractivity contribution in [2.24, 2.45) is 5.73 Å². The second kappa shape index (κ2) is 6.81. The zero-order valence-electron chi connectivity index (χ0n) is 11.4. The van der Waals surface area contributed by atoms with Gasteiger partial charge in [0.1, 0.15) is 0 Å². The molecule has 0 saturated heterocycles. The molecule has 0 unspecified atom stereocenters. The maximum absolute atomic E-state index is 10.8. The van der Waals surface area contributed by atoms with Gasteiger partial charge in [-0.05, 0) is 37.5 Å². The molecular weight excluding hydrogens is 280 g/mol. The molecule has 0 aliphatic heterocycles. The second-order valence-electron chi connectivity index (χ2n) is 4.75. The Hall–Kier alpha value is -1.46. The van der Waals surface area contributed by atoms with Crippen molar-refractivity contribution in [1.82, 2.24) is 5.32 Å². The largest absolute Gasteiger partial charge is 0.490 e.